The van der Waals surface area contributed by atoms with Gasteiger partial charge in [-0.15, -0.1) is 10.2 Å². The lowest BCUT2D eigenvalue weighted by molar-refractivity contribution is 0.581. The van der Waals surface area contributed by atoms with Gasteiger partial charge in [-0.05, 0) is 25.0 Å². The molecule has 0 atom stereocenters. The van der Waals surface area contributed by atoms with Crippen LogP contribution < -0.4 is 5.32 Å². The summed E-state index contributed by atoms with van der Waals surface area (Å²) in [5, 5.41) is 13.5. The van der Waals surface area contributed by atoms with E-state index in [2.05, 4.69) is 15.5 Å². The molecule has 78 valence electrons. The molecule has 2 aromatic rings. The van der Waals surface area contributed by atoms with Crippen LogP contribution in [-0.2, 0) is 6.54 Å². The van der Waals surface area contributed by atoms with Gasteiger partial charge in [-0.1, -0.05) is 11.3 Å². The number of aromatic nitrogens is 2. The van der Waals surface area contributed by atoms with Gasteiger partial charge in [0.25, 0.3) is 0 Å². The van der Waals surface area contributed by atoms with Crippen LogP contribution in [0.3, 0.4) is 0 Å². The molecule has 0 spiro atoms. The maximum Gasteiger partial charge on any atom is 0.183 e. The van der Waals surface area contributed by atoms with E-state index in [9.17, 15) is 0 Å². The molecule has 0 aliphatic heterocycles. The molecule has 1 N–H and O–H groups in total. The SMILES string of the molecule is c1coc(-c2nnc(CNC3CC3)s2)c1. The molecule has 1 aliphatic carbocycles. The third-order valence-corrected chi connectivity index (χ3v) is 3.26. The summed E-state index contributed by atoms with van der Waals surface area (Å²) in [5.74, 6) is 0.796. The van der Waals surface area contributed by atoms with Crippen molar-refractivity contribution < 1.29 is 4.42 Å². The Morgan fingerprint density at radius 1 is 1.47 bits per heavy atom. The van der Waals surface area contributed by atoms with Crippen molar-refractivity contribution in [2.75, 3.05) is 0 Å². The highest BCUT2D eigenvalue weighted by atomic mass is 32.1. The first-order valence-corrected chi connectivity index (χ1v) is 5.83. The largest absolute Gasteiger partial charge is 0.462 e. The van der Waals surface area contributed by atoms with Crippen molar-refractivity contribution in [3.8, 4) is 10.8 Å². The molecule has 0 aromatic carbocycles. The van der Waals surface area contributed by atoms with E-state index in [1.165, 1.54) is 12.8 Å². The zero-order chi connectivity index (χ0) is 10.1. The smallest absolute Gasteiger partial charge is 0.183 e. The van der Waals surface area contributed by atoms with E-state index in [-0.39, 0.29) is 0 Å². The van der Waals surface area contributed by atoms with Crippen molar-refractivity contribution in [3.05, 3.63) is 23.4 Å². The van der Waals surface area contributed by atoms with Crippen LogP contribution in [0.15, 0.2) is 22.8 Å². The van der Waals surface area contributed by atoms with Crippen LogP contribution in [-0.4, -0.2) is 16.2 Å². The van der Waals surface area contributed by atoms with Gasteiger partial charge in [-0.25, -0.2) is 0 Å². The van der Waals surface area contributed by atoms with Gasteiger partial charge >= 0.3 is 0 Å². The fraction of sp³-hybridized carbons (Fsp3) is 0.400. The Morgan fingerprint density at radius 2 is 2.40 bits per heavy atom. The minimum atomic E-state index is 0.709. The molecule has 4 nitrogen and oxygen atoms in total. The van der Waals surface area contributed by atoms with Gasteiger partial charge < -0.3 is 9.73 Å². The molecule has 1 fully saturated rings. The highest BCUT2D eigenvalue weighted by Crippen LogP contribution is 2.24. The Morgan fingerprint density at radius 3 is 3.13 bits per heavy atom. The summed E-state index contributed by atoms with van der Waals surface area (Å²) in [6.45, 7) is 0.822. The lowest BCUT2D eigenvalue weighted by atomic mass is 10.5. The van der Waals surface area contributed by atoms with Crippen LogP contribution in [0.2, 0.25) is 0 Å². The normalized spacial score (nSPS) is 15.7. The maximum absolute atomic E-state index is 5.26. The standard InChI is InChI=1S/C10H11N3OS/c1-2-8(14-5-1)10-13-12-9(15-10)6-11-7-3-4-7/h1-2,5,7,11H,3-4,6H2. The minimum Gasteiger partial charge on any atom is -0.462 e. The molecule has 15 heavy (non-hydrogen) atoms. The molecule has 1 aliphatic rings. The van der Waals surface area contributed by atoms with E-state index < -0.39 is 0 Å². The van der Waals surface area contributed by atoms with Crippen LogP contribution in [0.5, 0.6) is 0 Å². The molecule has 0 amide bonds. The number of hydrogen-bond donors (Lipinski definition) is 1. The van der Waals surface area contributed by atoms with Crippen molar-refractivity contribution in [3.63, 3.8) is 0 Å². The predicted molar refractivity (Wildman–Crippen MR) is 57.5 cm³/mol. The minimum absolute atomic E-state index is 0.709. The number of rotatable bonds is 4. The molecule has 5 heteroatoms. The maximum atomic E-state index is 5.26. The second-order valence-electron chi connectivity index (χ2n) is 3.63. The molecule has 1 saturated carbocycles. The van der Waals surface area contributed by atoms with Crippen molar-refractivity contribution in [1.82, 2.24) is 15.5 Å². The van der Waals surface area contributed by atoms with Gasteiger partial charge in [0, 0.05) is 12.6 Å². The van der Waals surface area contributed by atoms with Crippen LogP contribution in [0, 0.1) is 0 Å². The van der Waals surface area contributed by atoms with Gasteiger partial charge in [0.1, 0.15) is 5.01 Å². The van der Waals surface area contributed by atoms with Crippen molar-refractivity contribution >= 4 is 11.3 Å². The van der Waals surface area contributed by atoms with Crippen LogP contribution in [0.4, 0.5) is 0 Å². The summed E-state index contributed by atoms with van der Waals surface area (Å²) < 4.78 is 5.26. The van der Waals surface area contributed by atoms with E-state index in [4.69, 9.17) is 4.42 Å². The number of nitrogens with one attached hydrogen (secondary N) is 1. The number of nitrogens with zero attached hydrogens (tertiary/aromatic N) is 2. The van der Waals surface area contributed by atoms with Crippen molar-refractivity contribution in [2.45, 2.75) is 25.4 Å². The first-order valence-electron chi connectivity index (χ1n) is 5.01. The highest BCUT2D eigenvalue weighted by molar-refractivity contribution is 7.14. The quantitative estimate of drug-likeness (QED) is 0.858. The topological polar surface area (TPSA) is 51.0 Å². The first-order chi connectivity index (χ1) is 7.42. The molecule has 3 rings (SSSR count). The molecule has 0 saturated heterocycles. The zero-order valence-electron chi connectivity index (χ0n) is 8.14. The van der Waals surface area contributed by atoms with E-state index in [0.717, 1.165) is 22.3 Å². The molecule has 0 unspecified atom stereocenters. The molecule has 0 radical (unpaired) electrons. The average molecular weight is 221 g/mol. The average Bonchev–Trinajstić information content (AvgIpc) is 2.78. The Hall–Kier alpha value is -1.20. The Labute approximate surface area is 91.3 Å². The van der Waals surface area contributed by atoms with Gasteiger partial charge in [0.05, 0.1) is 6.26 Å². The summed E-state index contributed by atoms with van der Waals surface area (Å²) in [7, 11) is 0. The van der Waals surface area contributed by atoms with E-state index in [0.29, 0.717) is 6.04 Å². The second kappa shape index (κ2) is 3.75. The van der Waals surface area contributed by atoms with E-state index in [1.54, 1.807) is 17.6 Å². The second-order valence-corrected chi connectivity index (χ2v) is 4.70. The van der Waals surface area contributed by atoms with E-state index >= 15 is 0 Å². The van der Waals surface area contributed by atoms with Gasteiger partial charge in [0.2, 0.25) is 0 Å². The first kappa shape index (κ1) is 9.06. The summed E-state index contributed by atoms with van der Waals surface area (Å²) in [4.78, 5) is 0. The van der Waals surface area contributed by atoms with Gasteiger partial charge in [-0.2, -0.15) is 0 Å². The van der Waals surface area contributed by atoms with Gasteiger partial charge in [0.15, 0.2) is 10.8 Å². The molecular formula is C10H11N3OS. The lowest BCUT2D eigenvalue weighted by Gasteiger charge is -1.95. The fourth-order valence-electron chi connectivity index (χ4n) is 1.34. The van der Waals surface area contributed by atoms with Crippen molar-refractivity contribution in [2.24, 2.45) is 0 Å². The van der Waals surface area contributed by atoms with Crippen LogP contribution in [0.1, 0.15) is 17.8 Å². The van der Waals surface area contributed by atoms with E-state index in [1.807, 2.05) is 12.1 Å². The number of hydrogen-bond acceptors (Lipinski definition) is 5. The van der Waals surface area contributed by atoms with Crippen LogP contribution in [0.25, 0.3) is 10.8 Å². The molecule has 2 heterocycles. The molecule has 2 aromatic heterocycles. The highest BCUT2D eigenvalue weighted by Gasteiger charge is 2.20. The summed E-state index contributed by atoms with van der Waals surface area (Å²) in [6.07, 6.45) is 4.24. The third kappa shape index (κ3) is 2.08. The Bertz CT molecular complexity index is 433. The molecule has 0 bridgehead atoms. The van der Waals surface area contributed by atoms with Crippen molar-refractivity contribution in [1.29, 1.82) is 0 Å². The third-order valence-electron chi connectivity index (χ3n) is 2.32. The van der Waals surface area contributed by atoms with Gasteiger partial charge in [-0.3, -0.25) is 0 Å². The predicted octanol–water partition coefficient (Wildman–Crippen LogP) is 2.05. The fourth-order valence-corrected chi connectivity index (χ4v) is 2.10. The lowest BCUT2D eigenvalue weighted by Crippen LogP contribution is -2.14. The summed E-state index contributed by atoms with van der Waals surface area (Å²) >= 11 is 1.58. The summed E-state index contributed by atoms with van der Waals surface area (Å²) in [6, 6.07) is 4.47. The molecular weight excluding hydrogens is 210 g/mol. The Balaban J connectivity index is 1.69. The Kier molecular flexibility index (Phi) is 2.26. The zero-order valence-corrected chi connectivity index (χ0v) is 8.96. The summed E-state index contributed by atoms with van der Waals surface area (Å²) in [5.41, 5.74) is 0. The number of furan rings is 1. The van der Waals surface area contributed by atoms with Crippen LogP contribution >= 0.6 is 11.3 Å². The monoisotopic (exact) mass is 221 g/mol.